The molecule has 0 atom stereocenters. The zero-order valence-electron chi connectivity index (χ0n) is 15.2. The number of aromatic nitrogens is 2. The maximum Gasteiger partial charge on any atom is 0.181 e. The van der Waals surface area contributed by atoms with Gasteiger partial charge < -0.3 is 8.98 Å². The van der Waals surface area contributed by atoms with E-state index in [1.807, 2.05) is 6.07 Å². The minimum absolute atomic E-state index is 0.0330. The third-order valence-electron chi connectivity index (χ3n) is 5.93. The van der Waals surface area contributed by atoms with Gasteiger partial charge in [0.25, 0.3) is 0 Å². The number of oxazole rings is 1. The molecule has 2 aromatic heterocycles. The molecule has 1 aliphatic carbocycles. The van der Waals surface area contributed by atoms with Crippen LogP contribution in [0.3, 0.4) is 0 Å². The number of fused-ring (bicyclic) bond motifs is 6. The summed E-state index contributed by atoms with van der Waals surface area (Å²) in [6.07, 6.45) is 1.51. The first-order valence-corrected chi connectivity index (χ1v) is 9.24. The van der Waals surface area contributed by atoms with Crippen molar-refractivity contribution in [3.8, 4) is 16.9 Å². The molecule has 27 heavy (non-hydrogen) atoms. The molecule has 0 amide bonds. The van der Waals surface area contributed by atoms with Crippen molar-refractivity contribution in [2.75, 3.05) is 0 Å². The molecule has 0 bridgehead atoms. The zero-order chi connectivity index (χ0) is 18.2. The molecular weight excluding hydrogens is 332 g/mol. The molecule has 1 aliphatic rings. The summed E-state index contributed by atoms with van der Waals surface area (Å²) in [4.78, 5) is 4.36. The summed E-state index contributed by atoms with van der Waals surface area (Å²) in [6.45, 7) is 4.66. The van der Waals surface area contributed by atoms with Gasteiger partial charge >= 0.3 is 0 Å². The summed E-state index contributed by atoms with van der Waals surface area (Å²) in [5.41, 5.74) is 9.39. The SMILES string of the molecule is CC1(C)c2ccccc2-c2c1c1ccccc1n2-c1ccc2ocnc2c1. The molecule has 6 rings (SSSR count). The van der Waals surface area contributed by atoms with E-state index in [4.69, 9.17) is 4.42 Å². The van der Waals surface area contributed by atoms with Gasteiger partial charge in [0.05, 0.1) is 11.2 Å². The standard InChI is InChI=1S/C24H18N2O/c1-24(2)18-9-5-3-7-16(18)23-22(24)17-8-4-6-10-20(17)26(23)15-11-12-21-19(13-15)25-14-27-21/h3-14H,1-2H3. The maximum absolute atomic E-state index is 5.44. The molecule has 130 valence electrons. The highest BCUT2D eigenvalue weighted by molar-refractivity contribution is 5.99. The molecular formula is C24H18N2O. The van der Waals surface area contributed by atoms with E-state index in [2.05, 4.69) is 84.1 Å². The Morgan fingerprint density at radius 2 is 1.74 bits per heavy atom. The van der Waals surface area contributed by atoms with E-state index in [0.717, 1.165) is 16.8 Å². The highest BCUT2D eigenvalue weighted by Gasteiger charge is 2.40. The van der Waals surface area contributed by atoms with E-state index in [1.165, 1.54) is 39.7 Å². The summed E-state index contributed by atoms with van der Waals surface area (Å²) in [5.74, 6) is 0. The van der Waals surface area contributed by atoms with Crippen LogP contribution in [0.25, 0.3) is 38.9 Å². The lowest BCUT2D eigenvalue weighted by atomic mass is 9.81. The number of nitrogens with zero attached hydrogens (tertiary/aromatic N) is 2. The average Bonchev–Trinajstić information content (AvgIpc) is 3.34. The molecule has 0 spiro atoms. The van der Waals surface area contributed by atoms with E-state index < -0.39 is 0 Å². The molecule has 0 saturated carbocycles. The van der Waals surface area contributed by atoms with Gasteiger partial charge in [0.2, 0.25) is 0 Å². The predicted octanol–water partition coefficient (Wildman–Crippen LogP) is 6.08. The molecule has 3 heteroatoms. The largest absolute Gasteiger partial charge is 0.443 e. The Hall–Kier alpha value is -3.33. The summed E-state index contributed by atoms with van der Waals surface area (Å²) < 4.78 is 7.82. The topological polar surface area (TPSA) is 31.0 Å². The molecule has 0 aliphatic heterocycles. The summed E-state index contributed by atoms with van der Waals surface area (Å²) in [6, 6.07) is 23.7. The fourth-order valence-corrected chi connectivity index (χ4v) is 4.75. The fourth-order valence-electron chi connectivity index (χ4n) is 4.75. The number of hydrogen-bond acceptors (Lipinski definition) is 2. The van der Waals surface area contributed by atoms with Crippen molar-refractivity contribution in [2.24, 2.45) is 0 Å². The van der Waals surface area contributed by atoms with Crippen molar-refractivity contribution >= 4 is 22.0 Å². The normalized spacial score (nSPS) is 14.6. The average molecular weight is 350 g/mol. The molecule has 0 N–H and O–H groups in total. The van der Waals surface area contributed by atoms with Gasteiger partial charge in [0.15, 0.2) is 12.0 Å². The van der Waals surface area contributed by atoms with E-state index in [-0.39, 0.29) is 5.41 Å². The predicted molar refractivity (Wildman–Crippen MR) is 108 cm³/mol. The molecule has 0 fully saturated rings. The van der Waals surface area contributed by atoms with Crippen molar-refractivity contribution in [2.45, 2.75) is 19.3 Å². The second kappa shape index (κ2) is 4.89. The van der Waals surface area contributed by atoms with Crippen molar-refractivity contribution in [1.29, 1.82) is 0 Å². The van der Waals surface area contributed by atoms with Gasteiger partial charge in [-0.25, -0.2) is 4.98 Å². The van der Waals surface area contributed by atoms with Crippen LogP contribution in [0.4, 0.5) is 0 Å². The van der Waals surface area contributed by atoms with E-state index >= 15 is 0 Å². The number of rotatable bonds is 1. The summed E-state index contributed by atoms with van der Waals surface area (Å²) in [5, 5.41) is 1.31. The van der Waals surface area contributed by atoms with Crippen LogP contribution in [0.5, 0.6) is 0 Å². The van der Waals surface area contributed by atoms with Crippen LogP contribution in [0.15, 0.2) is 77.5 Å². The van der Waals surface area contributed by atoms with Crippen molar-refractivity contribution in [1.82, 2.24) is 9.55 Å². The molecule has 0 radical (unpaired) electrons. The first-order chi connectivity index (χ1) is 13.2. The Labute approximate surface area is 156 Å². The van der Waals surface area contributed by atoms with Crippen molar-refractivity contribution < 1.29 is 4.42 Å². The Kier molecular flexibility index (Phi) is 2.68. The van der Waals surface area contributed by atoms with Crippen LogP contribution in [-0.2, 0) is 5.41 Å². The number of para-hydroxylation sites is 1. The van der Waals surface area contributed by atoms with Gasteiger partial charge in [-0.05, 0) is 35.4 Å². The third-order valence-corrected chi connectivity index (χ3v) is 5.93. The van der Waals surface area contributed by atoms with Crippen LogP contribution in [0.1, 0.15) is 25.0 Å². The Balaban J connectivity index is 1.80. The molecule has 3 nitrogen and oxygen atoms in total. The number of benzene rings is 3. The van der Waals surface area contributed by atoms with Gasteiger partial charge in [-0.15, -0.1) is 0 Å². The highest BCUT2D eigenvalue weighted by Crippen LogP contribution is 2.53. The molecule has 0 unspecified atom stereocenters. The van der Waals surface area contributed by atoms with Crippen LogP contribution < -0.4 is 0 Å². The lowest BCUT2D eigenvalue weighted by Crippen LogP contribution is -2.14. The van der Waals surface area contributed by atoms with E-state index in [1.54, 1.807) is 0 Å². The lowest BCUT2D eigenvalue weighted by Gasteiger charge is -2.21. The summed E-state index contributed by atoms with van der Waals surface area (Å²) in [7, 11) is 0. The monoisotopic (exact) mass is 350 g/mol. The van der Waals surface area contributed by atoms with Crippen molar-refractivity contribution in [3.05, 3.63) is 84.3 Å². The van der Waals surface area contributed by atoms with Crippen LogP contribution in [0.2, 0.25) is 0 Å². The van der Waals surface area contributed by atoms with Gasteiger partial charge in [-0.3, -0.25) is 0 Å². The van der Waals surface area contributed by atoms with Crippen molar-refractivity contribution in [3.63, 3.8) is 0 Å². The summed E-state index contributed by atoms with van der Waals surface area (Å²) >= 11 is 0. The fraction of sp³-hybridized carbons (Fsp3) is 0.125. The Bertz CT molecular complexity index is 1350. The van der Waals surface area contributed by atoms with Crippen LogP contribution in [-0.4, -0.2) is 9.55 Å². The van der Waals surface area contributed by atoms with Gasteiger partial charge in [-0.1, -0.05) is 56.3 Å². The van der Waals surface area contributed by atoms with Crippen LogP contribution in [0, 0.1) is 0 Å². The van der Waals surface area contributed by atoms with E-state index in [0.29, 0.717) is 0 Å². The van der Waals surface area contributed by atoms with Crippen LogP contribution >= 0.6 is 0 Å². The molecule has 3 aromatic carbocycles. The smallest absolute Gasteiger partial charge is 0.181 e. The highest BCUT2D eigenvalue weighted by atomic mass is 16.3. The molecule has 5 aromatic rings. The molecule has 2 heterocycles. The van der Waals surface area contributed by atoms with Gasteiger partial charge in [0, 0.05) is 22.1 Å². The minimum atomic E-state index is -0.0330. The third kappa shape index (κ3) is 1.78. The van der Waals surface area contributed by atoms with E-state index in [9.17, 15) is 0 Å². The Morgan fingerprint density at radius 1 is 0.926 bits per heavy atom. The molecule has 0 saturated heterocycles. The second-order valence-electron chi connectivity index (χ2n) is 7.75. The lowest BCUT2D eigenvalue weighted by molar-refractivity contribution is 0.602. The quantitative estimate of drug-likeness (QED) is 0.367. The number of hydrogen-bond donors (Lipinski definition) is 0. The minimum Gasteiger partial charge on any atom is -0.443 e. The Morgan fingerprint density at radius 3 is 2.67 bits per heavy atom. The second-order valence-corrected chi connectivity index (χ2v) is 7.75. The van der Waals surface area contributed by atoms with Gasteiger partial charge in [-0.2, -0.15) is 0 Å². The zero-order valence-corrected chi connectivity index (χ0v) is 15.2. The van der Waals surface area contributed by atoms with Gasteiger partial charge in [0.1, 0.15) is 5.52 Å². The first kappa shape index (κ1) is 14.8. The maximum atomic E-state index is 5.44. The first-order valence-electron chi connectivity index (χ1n) is 9.24.